The van der Waals surface area contributed by atoms with Gasteiger partial charge in [-0.1, -0.05) is 18.2 Å². The third kappa shape index (κ3) is 3.42. The second-order valence-corrected chi connectivity index (χ2v) is 7.47. The Morgan fingerprint density at radius 2 is 1.93 bits per heavy atom. The van der Waals surface area contributed by atoms with Crippen LogP contribution < -0.4 is 10.7 Å². The van der Waals surface area contributed by atoms with E-state index in [0.29, 0.717) is 5.69 Å². The van der Waals surface area contributed by atoms with Crippen molar-refractivity contribution in [3.8, 4) is 0 Å². The van der Waals surface area contributed by atoms with E-state index in [9.17, 15) is 9.59 Å². The van der Waals surface area contributed by atoms with Crippen LogP contribution in [0.2, 0.25) is 0 Å². The topological polar surface area (TPSA) is 75.5 Å². The molecule has 2 amide bonds. The molecule has 0 radical (unpaired) electrons. The maximum absolute atomic E-state index is 12.2. The molecule has 2 aromatic carbocycles. The van der Waals surface area contributed by atoms with Crippen LogP contribution in [0.3, 0.4) is 0 Å². The Hall–Kier alpha value is -2.80. The minimum atomic E-state index is -0.754. The lowest BCUT2D eigenvalue weighted by atomic mass is 10.1. The number of thioether (sulfide) groups is 1. The molecule has 0 unspecified atom stereocenters. The van der Waals surface area contributed by atoms with Gasteiger partial charge in [-0.25, -0.2) is 5.43 Å². The standard InChI is InChI=1S/C20H20N4O2S/c1-2-24-17-6-4-3-5-15(17)16-11-13(7-8-18(16)24)21-19(25)20(26)23-22-14-9-10-27-12-14/h3-8,11H,2,9-10,12H2,1H3,(H,21,25)(H,23,26)/b22-14-. The second kappa shape index (κ2) is 7.44. The van der Waals surface area contributed by atoms with Gasteiger partial charge in [0, 0.05) is 45.5 Å². The number of fused-ring (bicyclic) bond motifs is 3. The highest BCUT2D eigenvalue weighted by atomic mass is 32.2. The van der Waals surface area contributed by atoms with Crippen LogP contribution in [0.25, 0.3) is 21.8 Å². The summed E-state index contributed by atoms with van der Waals surface area (Å²) in [6.45, 7) is 2.97. The highest BCUT2D eigenvalue weighted by molar-refractivity contribution is 8.00. The number of nitrogens with zero attached hydrogens (tertiary/aromatic N) is 2. The number of aromatic nitrogens is 1. The van der Waals surface area contributed by atoms with E-state index in [-0.39, 0.29) is 0 Å². The zero-order valence-corrected chi connectivity index (χ0v) is 15.8. The summed E-state index contributed by atoms with van der Waals surface area (Å²) in [6.07, 6.45) is 0.852. The van der Waals surface area contributed by atoms with Gasteiger partial charge in [0.05, 0.1) is 0 Å². The maximum Gasteiger partial charge on any atom is 0.329 e. The number of rotatable bonds is 3. The number of benzene rings is 2. The largest absolute Gasteiger partial charge is 0.341 e. The van der Waals surface area contributed by atoms with Gasteiger partial charge >= 0.3 is 11.8 Å². The lowest BCUT2D eigenvalue weighted by Crippen LogP contribution is -2.33. The molecule has 0 bridgehead atoms. The average molecular weight is 380 g/mol. The minimum Gasteiger partial charge on any atom is -0.341 e. The zero-order chi connectivity index (χ0) is 18.8. The summed E-state index contributed by atoms with van der Waals surface area (Å²) in [4.78, 5) is 24.2. The molecule has 1 aliphatic rings. The molecular weight excluding hydrogens is 360 g/mol. The molecule has 27 heavy (non-hydrogen) atoms. The number of nitrogens with one attached hydrogen (secondary N) is 2. The summed E-state index contributed by atoms with van der Waals surface area (Å²) < 4.78 is 2.23. The number of hydrogen-bond donors (Lipinski definition) is 2. The van der Waals surface area contributed by atoms with Crippen LogP contribution >= 0.6 is 11.8 Å². The number of carbonyl (C=O) groups is 2. The van der Waals surface area contributed by atoms with Gasteiger partial charge in [0.25, 0.3) is 0 Å². The zero-order valence-electron chi connectivity index (χ0n) is 15.0. The molecule has 1 aliphatic heterocycles. The number of aryl methyl sites for hydroxylation is 1. The first-order valence-electron chi connectivity index (χ1n) is 8.93. The van der Waals surface area contributed by atoms with E-state index in [1.165, 1.54) is 0 Å². The van der Waals surface area contributed by atoms with Gasteiger partial charge in [-0.3, -0.25) is 9.59 Å². The molecular formula is C20H20N4O2S. The third-order valence-electron chi connectivity index (χ3n) is 4.67. The fourth-order valence-corrected chi connectivity index (χ4v) is 4.35. The van der Waals surface area contributed by atoms with Gasteiger partial charge in [-0.15, -0.1) is 0 Å². The summed E-state index contributed by atoms with van der Waals surface area (Å²) in [5, 5.41) is 8.86. The number of amides is 2. The van der Waals surface area contributed by atoms with Crippen molar-refractivity contribution < 1.29 is 9.59 Å². The van der Waals surface area contributed by atoms with Gasteiger partial charge in [0.2, 0.25) is 0 Å². The van der Waals surface area contributed by atoms with E-state index in [4.69, 9.17) is 0 Å². The van der Waals surface area contributed by atoms with Crippen LogP contribution in [-0.2, 0) is 16.1 Å². The average Bonchev–Trinajstić information content (AvgIpc) is 3.31. The molecule has 0 spiro atoms. The Labute approximate surface area is 161 Å². The summed E-state index contributed by atoms with van der Waals surface area (Å²) in [5.41, 5.74) is 6.10. The molecule has 138 valence electrons. The highest BCUT2D eigenvalue weighted by Crippen LogP contribution is 2.30. The Morgan fingerprint density at radius 3 is 2.70 bits per heavy atom. The molecule has 7 heteroatoms. The Kier molecular flexibility index (Phi) is 4.85. The van der Waals surface area contributed by atoms with Crippen LogP contribution in [0.4, 0.5) is 5.69 Å². The summed E-state index contributed by atoms with van der Waals surface area (Å²) in [7, 11) is 0. The molecule has 1 aromatic heterocycles. The van der Waals surface area contributed by atoms with Gasteiger partial charge in [-0.2, -0.15) is 16.9 Å². The molecule has 0 aliphatic carbocycles. The smallest absolute Gasteiger partial charge is 0.329 e. The Morgan fingerprint density at radius 1 is 1.11 bits per heavy atom. The van der Waals surface area contributed by atoms with Crippen LogP contribution in [0.1, 0.15) is 13.3 Å². The van der Waals surface area contributed by atoms with Crippen molar-refractivity contribution in [2.24, 2.45) is 5.10 Å². The van der Waals surface area contributed by atoms with Crippen LogP contribution in [-0.4, -0.2) is 33.6 Å². The van der Waals surface area contributed by atoms with E-state index in [2.05, 4.69) is 39.5 Å². The van der Waals surface area contributed by atoms with Crippen molar-refractivity contribution in [1.82, 2.24) is 9.99 Å². The number of carbonyl (C=O) groups excluding carboxylic acids is 2. The van der Waals surface area contributed by atoms with Gasteiger partial charge in [0.15, 0.2) is 0 Å². The predicted molar refractivity (Wildman–Crippen MR) is 111 cm³/mol. The van der Waals surface area contributed by atoms with Crippen LogP contribution in [0, 0.1) is 0 Å². The van der Waals surface area contributed by atoms with Crippen LogP contribution in [0.5, 0.6) is 0 Å². The quantitative estimate of drug-likeness (QED) is 0.540. The van der Waals surface area contributed by atoms with Gasteiger partial charge in [0.1, 0.15) is 0 Å². The van der Waals surface area contributed by atoms with Crippen molar-refractivity contribution in [2.75, 3.05) is 16.8 Å². The fraction of sp³-hybridized carbons (Fsp3) is 0.250. The Balaban J connectivity index is 1.57. The molecule has 0 atom stereocenters. The van der Waals surface area contributed by atoms with E-state index in [1.54, 1.807) is 11.8 Å². The third-order valence-corrected chi connectivity index (χ3v) is 5.70. The molecule has 1 fully saturated rings. The minimum absolute atomic E-state index is 0.589. The van der Waals surface area contributed by atoms with Crippen molar-refractivity contribution in [1.29, 1.82) is 0 Å². The predicted octanol–water partition coefficient (Wildman–Crippen LogP) is 3.36. The maximum atomic E-state index is 12.2. The molecule has 4 rings (SSSR count). The first-order chi connectivity index (χ1) is 13.2. The number of para-hydroxylation sites is 1. The lowest BCUT2D eigenvalue weighted by Gasteiger charge is -2.06. The van der Waals surface area contributed by atoms with E-state index in [1.807, 2.05) is 30.3 Å². The lowest BCUT2D eigenvalue weighted by molar-refractivity contribution is -0.136. The first kappa shape index (κ1) is 17.6. The van der Waals surface area contributed by atoms with E-state index < -0.39 is 11.8 Å². The number of anilines is 1. The molecule has 6 nitrogen and oxygen atoms in total. The van der Waals surface area contributed by atoms with Crippen molar-refractivity contribution in [3.63, 3.8) is 0 Å². The fourth-order valence-electron chi connectivity index (χ4n) is 3.38. The first-order valence-corrected chi connectivity index (χ1v) is 10.1. The normalized spacial score (nSPS) is 15.5. The molecule has 0 saturated carbocycles. The number of hydrazone groups is 1. The van der Waals surface area contributed by atoms with Crippen LogP contribution in [0.15, 0.2) is 47.6 Å². The van der Waals surface area contributed by atoms with Crippen molar-refractivity contribution in [3.05, 3.63) is 42.5 Å². The number of hydrogen-bond acceptors (Lipinski definition) is 4. The molecule has 3 aromatic rings. The van der Waals surface area contributed by atoms with Gasteiger partial charge < -0.3 is 9.88 Å². The van der Waals surface area contributed by atoms with E-state index >= 15 is 0 Å². The van der Waals surface area contributed by atoms with Crippen molar-refractivity contribution >= 4 is 56.8 Å². The monoisotopic (exact) mass is 380 g/mol. The summed E-state index contributed by atoms with van der Waals surface area (Å²) >= 11 is 1.77. The molecule has 2 N–H and O–H groups in total. The molecule has 2 heterocycles. The second-order valence-electron chi connectivity index (χ2n) is 6.37. The highest BCUT2D eigenvalue weighted by Gasteiger charge is 2.16. The summed E-state index contributed by atoms with van der Waals surface area (Å²) in [5.74, 6) is 0.339. The van der Waals surface area contributed by atoms with Gasteiger partial charge in [-0.05, 0) is 43.4 Å². The molecule has 1 saturated heterocycles. The Bertz CT molecular complexity index is 1060. The van der Waals surface area contributed by atoms with Crippen molar-refractivity contribution in [2.45, 2.75) is 19.9 Å². The summed E-state index contributed by atoms with van der Waals surface area (Å²) in [6, 6.07) is 13.9. The van der Waals surface area contributed by atoms with E-state index in [0.717, 1.165) is 52.0 Å². The SMILES string of the molecule is CCn1c2ccccc2c2cc(NC(=O)C(=O)N/N=C3/CCSC3)ccc21.